The number of rotatable bonds is 6. The highest BCUT2D eigenvalue weighted by atomic mass is 35.5. The molecule has 0 aromatic heterocycles. The normalized spacial score (nSPS) is 22.3. The van der Waals surface area contributed by atoms with Crippen molar-refractivity contribution >= 4 is 17.5 Å². The van der Waals surface area contributed by atoms with E-state index in [1.807, 2.05) is 13.8 Å². The van der Waals surface area contributed by atoms with Crippen LogP contribution >= 0.6 is 11.6 Å². The molecule has 0 heterocycles. The summed E-state index contributed by atoms with van der Waals surface area (Å²) >= 11 is 5.88. The van der Waals surface area contributed by atoms with Crippen LogP contribution in [0.3, 0.4) is 0 Å². The van der Waals surface area contributed by atoms with Crippen LogP contribution < -0.4 is 10.1 Å². The summed E-state index contributed by atoms with van der Waals surface area (Å²) in [5.74, 6) is 0.922. The lowest BCUT2D eigenvalue weighted by molar-refractivity contribution is -0.125. The minimum absolute atomic E-state index is 0.00571. The number of aliphatic hydroxyl groups excluding tert-OH is 1. The predicted octanol–water partition coefficient (Wildman–Crippen LogP) is 2.69. The van der Waals surface area contributed by atoms with Crippen LogP contribution in [0.15, 0.2) is 18.2 Å². The Morgan fingerprint density at radius 2 is 2.24 bits per heavy atom. The lowest BCUT2D eigenvalue weighted by Crippen LogP contribution is -2.47. The fourth-order valence-electron chi connectivity index (χ4n) is 2.68. The molecule has 2 rings (SSSR count). The van der Waals surface area contributed by atoms with Gasteiger partial charge in [-0.3, -0.25) is 4.79 Å². The van der Waals surface area contributed by atoms with Crippen LogP contribution in [0.4, 0.5) is 0 Å². The number of benzene rings is 1. The van der Waals surface area contributed by atoms with Gasteiger partial charge in [0.2, 0.25) is 0 Å². The number of aliphatic hydroxyl groups is 1. The second-order valence-corrected chi connectivity index (χ2v) is 6.10. The summed E-state index contributed by atoms with van der Waals surface area (Å²) in [6.07, 6.45) is 2.21. The van der Waals surface area contributed by atoms with Crippen LogP contribution in [0, 0.1) is 12.8 Å². The molecule has 4 nitrogen and oxygen atoms in total. The molecular formula is C16H22ClNO3. The molecule has 0 bridgehead atoms. The molecule has 1 saturated carbocycles. The van der Waals surface area contributed by atoms with Gasteiger partial charge in [0, 0.05) is 11.1 Å². The first-order valence-electron chi connectivity index (χ1n) is 7.36. The van der Waals surface area contributed by atoms with E-state index in [4.69, 9.17) is 16.3 Å². The van der Waals surface area contributed by atoms with Crippen LogP contribution in [-0.4, -0.2) is 29.8 Å². The zero-order valence-electron chi connectivity index (χ0n) is 12.4. The van der Waals surface area contributed by atoms with Crippen molar-refractivity contribution in [2.75, 3.05) is 6.61 Å². The molecule has 1 aliphatic rings. The van der Waals surface area contributed by atoms with E-state index in [-0.39, 0.29) is 24.7 Å². The predicted molar refractivity (Wildman–Crippen MR) is 82.6 cm³/mol. The topological polar surface area (TPSA) is 58.6 Å². The molecule has 1 fully saturated rings. The van der Waals surface area contributed by atoms with E-state index in [0.717, 1.165) is 24.8 Å². The van der Waals surface area contributed by atoms with E-state index < -0.39 is 0 Å². The molecule has 1 aromatic rings. The lowest BCUT2D eigenvalue weighted by atomic mass is 9.76. The lowest BCUT2D eigenvalue weighted by Gasteiger charge is -2.37. The van der Waals surface area contributed by atoms with Gasteiger partial charge in [-0.1, -0.05) is 18.5 Å². The number of nitrogens with one attached hydrogen (secondary N) is 1. The summed E-state index contributed by atoms with van der Waals surface area (Å²) in [5, 5.41) is 13.0. The summed E-state index contributed by atoms with van der Waals surface area (Å²) in [6, 6.07) is 5.44. The van der Waals surface area contributed by atoms with Crippen molar-refractivity contribution in [2.45, 2.75) is 45.3 Å². The van der Waals surface area contributed by atoms with Crippen LogP contribution in [0.2, 0.25) is 5.02 Å². The molecule has 1 aliphatic carbocycles. The smallest absolute Gasteiger partial charge is 0.258 e. The number of carbonyl (C=O) groups is 1. The molecule has 1 aromatic carbocycles. The van der Waals surface area contributed by atoms with E-state index in [0.29, 0.717) is 16.7 Å². The molecule has 5 heteroatoms. The Bertz CT molecular complexity index is 500. The number of aryl methyl sites for hydroxylation is 1. The fourth-order valence-corrected chi connectivity index (χ4v) is 2.90. The zero-order chi connectivity index (χ0) is 15.4. The Morgan fingerprint density at radius 3 is 2.81 bits per heavy atom. The van der Waals surface area contributed by atoms with Crippen molar-refractivity contribution in [2.24, 2.45) is 5.92 Å². The first-order valence-corrected chi connectivity index (χ1v) is 7.73. The maximum atomic E-state index is 12.0. The van der Waals surface area contributed by atoms with Gasteiger partial charge in [-0.15, -0.1) is 0 Å². The maximum Gasteiger partial charge on any atom is 0.258 e. The molecule has 2 N–H and O–H groups in total. The average Bonchev–Trinajstić information content (AvgIpc) is 2.40. The van der Waals surface area contributed by atoms with Gasteiger partial charge >= 0.3 is 0 Å². The number of amides is 1. The molecule has 0 aliphatic heterocycles. The molecule has 0 unspecified atom stereocenters. The maximum absolute atomic E-state index is 12.0. The zero-order valence-corrected chi connectivity index (χ0v) is 13.2. The van der Waals surface area contributed by atoms with E-state index >= 15 is 0 Å². The van der Waals surface area contributed by atoms with E-state index in [1.165, 1.54) is 0 Å². The van der Waals surface area contributed by atoms with E-state index in [9.17, 15) is 9.90 Å². The van der Waals surface area contributed by atoms with Crippen LogP contribution in [0.1, 0.15) is 31.7 Å². The average molecular weight is 312 g/mol. The van der Waals surface area contributed by atoms with Gasteiger partial charge in [0.15, 0.2) is 6.61 Å². The molecule has 0 spiro atoms. The van der Waals surface area contributed by atoms with Gasteiger partial charge in [0.05, 0.1) is 6.10 Å². The van der Waals surface area contributed by atoms with Crippen molar-refractivity contribution in [3.05, 3.63) is 28.8 Å². The third-order valence-corrected chi connectivity index (χ3v) is 4.24. The second kappa shape index (κ2) is 7.14. The van der Waals surface area contributed by atoms with Gasteiger partial charge in [0.25, 0.3) is 5.91 Å². The van der Waals surface area contributed by atoms with Gasteiger partial charge < -0.3 is 15.2 Å². The quantitative estimate of drug-likeness (QED) is 0.849. The number of halogens is 1. The van der Waals surface area contributed by atoms with Crippen molar-refractivity contribution < 1.29 is 14.6 Å². The Morgan fingerprint density at radius 1 is 1.52 bits per heavy atom. The monoisotopic (exact) mass is 311 g/mol. The van der Waals surface area contributed by atoms with E-state index in [1.54, 1.807) is 18.2 Å². The Kier molecular flexibility index (Phi) is 5.48. The summed E-state index contributed by atoms with van der Waals surface area (Å²) in [6.45, 7) is 3.93. The highest BCUT2D eigenvalue weighted by Gasteiger charge is 2.33. The Hall–Kier alpha value is -1.26. The molecule has 1 amide bonds. The summed E-state index contributed by atoms with van der Waals surface area (Å²) < 4.78 is 5.53. The SMILES string of the molecule is CC[C@H](NC(=O)COc1ccc(Cl)cc1C)C1CC(O)C1. The molecule has 0 saturated heterocycles. The van der Waals surface area contributed by atoms with Gasteiger partial charge in [-0.2, -0.15) is 0 Å². The molecule has 21 heavy (non-hydrogen) atoms. The summed E-state index contributed by atoms with van der Waals surface area (Å²) in [5.41, 5.74) is 0.907. The number of ether oxygens (including phenoxy) is 1. The molecule has 0 radical (unpaired) electrons. The largest absolute Gasteiger partial charge is 0.484 e. The van der Waals surface area contributed by atoms with Gasteiger partial charge in [-0.25, -0.2) is 0 Å². The summed E-state index contributed by atoms with van der Waals surface area (Å²) in [7, 11) is 0. The minimum Gasteiger partial charge on any atom is -0.484 e. The Balaban J connectivity index is 1.81. The first-order chi connectivity index (χ1) is 9.99. The fraction of sp³-hybridized carbons (Fsp3) is 0.562. The molecule has 116 valence electrons. The number of carbonyl (C=O) groups excluding carboxylic acids is 1. The van der Waals surface area contributed by atoms with Crippen LogP contribution in [-0.2, 0) is 4.79 Å². The van der Waals surface area contributed by atoms with E-state index in [2.05, 4.69) is 5.32 Å². The van der Waals surface area contributed by atoms with Crippen molar-refractivity contribution in [1.82, 2.24) is 5.32 Å². The van der Waals surface area contributed by atoms with Crippen molar-refractivity contribution in [3.8, 4) is 5.75 Å². The standard InChI is InChI=1S/C16H22ClNO3/c1-3-14(11-7-13(19)8-11)18-16(20)9-21-15-5-4-12(17)6-10(15)2/h4-6,11,13-14,19H,3,7-9H2,1-2H3,(H,18,20)/t11?,13?,14-/m0/s1. The van der Waals surface area contributed by atoms with Gasteiger partial charge in [-0.05, 0) is 55.9 Å². The van der Waals surface area contributed by atoms with Gasteiger partial charge in [0.1, 0.15) is 5.75 Å². The highest BCUT2D eigenvalue weighted by Crippen LogP contribution is 2.31. The minimum atomic E-state index is -0.200. The third-order valence-electron chi connectivity index (χ3n) is 4.00. The van der Waals surface area contributed by atoms with Crippen molar-refractivity contribution in [3.63, 3.8) is 0 Å². The Labute approximate surface area is 130 Å². The number of hydrogen-bond donors (Lipinski definition) is 2. The van der Waals surface area contributed by atoms with Crippen molar-refractivity contribution in [1.29, 1.82) is 0 Å². The third kappa shape index (κ3) is 4.35. The van der Waals surface area contributed by atoms with Crippen LogP contribution in [0.25, 0.3) is 0 Å². The summed E-state index contributed by atoms with van der Waals surface area (Å²) in [4.78, 5) is 12.0. The molecular weight excluding hydrogens is 290 g/mol. The molecule has 1 atom stereocenters. The van der Waals surface area contributed by atoms with Crippen LogP contribution in [0.5, 0.6) is 5.75 Å². The highest BCUT2D eigenvalue weighted by molar-refractivity contribution is 6.30. The second-order valence-electron chi connectivity index (χ2n) is 5.67. The first kappa shape index (κ1) is 16.1. The number of hydrogen-bond acceptors (Lipinski definition) is 3.